The lowest BCUT2D eigenvalue weighted by Crippen LogP contribution is -2.18. The first kappa shape index (κ1) is 26.7. The maximum absolute atomic E-state index is 3.75. The largest absolute Gasteiger partial charge is 0.103 e. The van der Waals surface area contributed by atoms with Gasteiger partial charge in [0.2, 0.25) is 0 Å². The monoisotopic (exact) mass is 416 g/mol. The van der Waals surface area contributed by atoms with E-state index in [1.165, 1.54) is 54.4 Å². The first-order chi connectivity index (χ1) is 15.0. The minimum atomic E-state index is 0.421. The Bertz CT molecular complexity index is 791. The second-order valence-electron chi connectivity index (χ2n) is 8.73. The van der Waals surface area contributed by atoms with Crippen LogP contribution in [0.3, 0.4) is 0 Å². The zero-order chi connectivity index (χ0) is 23.1. The van der Waals surface area contributed by atoms with Crippen molar-refractivity contribution in [2.24, 2.45) is 5.41 Å². The van der Waals surface area contributed by atoms with Crippen LogP contribution in [0.4, 0.5) is 0 Å². The van der Waals surface area contributed by atoms with Crippen LogP contribution in [0.1, 0.15) is 90.7 Å². The van der Waals surface area contributed by atoms with Gasteiger partial charge in [-0.1, -0.05) is 114 Å². The van der Waals surface area contributed by atoms with Crippen LogP contribution in [0, 0.1) is 5.41 Å². The summed E-state index contributed by atoms with van der Waals surface area (Å²) in [5, 5.41) is 0. The van der Waals surface area contributed by atoms with Gasteiger partial charge in [-0.25, -0.2) is 0 Å². The second-order valence-corrected chi connectivity index (χ2v) is 8.73. The van der Waals surface area contributed by atoms with E-state index in [0.29, 0.717) is 5.41 Å². The van der Waals surface area contributed by atoms with Crippen LogP contribution >= 0.6 is 0 Å². The van der Waals surface area contributed by atoms with E-state index in [9.17, 15) is 0 Å². The molecule has 0 heterocycles. The molecule has 31 heavy (non-hydrogen) atoms. The van der Waals surface area contributed by atoms with Crippen LogP contribution in [0.2, 0.25) is 0 Å². The fourth-order valence-electron chi connectivity index (χ4n) is 4.06. The van der Waals surface area contributed by atoms with Crippen molar-refractivity contribution < 1.29 is 0 Å². The molecule has 3 rings (SSSR count). The van der Waals surface area contributed by atoms with E-state index in [4.69, 9.17) is 0 Å². The summed E-state index contributed by atoms with van der Waals surface area (Å²) in [6.45, 7) is 18.1. The molecule has 0 radical (unpaired) electrons. The van der Waals surface area contributed by atoms with Gasteiger partial charge in [0, 0.05) is 0 Å². The summed E-state index contributed by atoms with van der Waals surface area (Å²) >= 11 is 0. The van der Waals surface area contributed by atoms with E-state index in [0.717, 1.165) is 12.8 Å². The smallest absolute Gasteiger partial charge is 0.0123 e. The quantitative estimate of drug-likeness (QED) is 0.331. The third-order valence-corrected chi connectivity index (χ3v) is 5.57. The van der Waals surface area contributed by atoms with Crippen molar-refractivity contribution >= 4 is 11.6 Å². The number of hydrogen-bond donors (Lipinski definition) is 0. The topological polar surface area (TPSA) is 0 Å². The minimum Gasteiger partial charge on any atom is -0.103 e. The van der Waals surface area contributed by atoms with Gasteiger partial charge >= 0.3 is 0 Å². The second kappa shape index (κ2) is 14.6. The fraction of sp³-hybridized carbons (Fsp3) is 0.419. The van der Waals surface area contributed by atoms with E-state index in [-0.39, 0.29) is 0 Å². The molecule has 0 heteroatoms. The molecule has 0 N–H and O–H groups in total. The summed E-state index contributed by atoms with van der Waals surface area (Å²) in [4.78, 5) is 0. The number of hydrogen-bond acceptors (Lipinski definition) is 0. The molecular formula is C31H44. The molecule has 2 aliphatic rings. The summed E-state index contributed by atoms with van der Waals surface area (Å²) in [7, 11) is 0. The molecule has 1 fully saturated rings. The summed E-state index contributed by atoms with van der Waals surface area (Å²) in [5.41, 5.74) is 7.57. The molecule has 1 aromatic carbocycles. The number of benzene rings is 1. The third-order valence-electron chi connectivity index (χ3n) is 5.57. The van der Waals surface area contributed by atoms with Gasteiger partial charge < -0.3 is 0 Å². The molecule has 0 aromatic heterocycles. The Morgan fingerprint density at radius 1 is 1.06 bits per heavy atom. The van der Waals surface area contributed by atoms with Crippen molar-refractivity contribution in [2.75, 3.05) is 0 Å². The molecule has 0 spiro atoms. The summed E-state index contributed by atoms with van der Waals surface area (Å²) in [5.74, 6) is 0. The van der Waals surface area contributed by atoms with Gasteiger partial charge in [0.05, 0.1) is 0 Å². The number of rotatable bonds is 5. The van der Waals surface area contributed by atoms with Crippen molar-refractivity contribution in [3.63, 3.8) is 0 Å². The minimum absolute atomic E-state index is 0.421. The first-order valence-electron chi connectivity index (χ1n) is 12.1. The van der Waals surface area contributed by atoms with E-state index in [2.05, 4.69) is 82.5 Å². The van der Waals surface area contributed by atoms with Crippen molar-refractivity contribution in [2.45, 2.75) is 79.6 Å². The molecule has 0 amide bonds. The normalized spacial score (nSPS) is 18.7. The van der Waals surface area contributed by atoms with Gasteiger partial charge in [0.15, 0.2) is 0 Å². The van der Waals surface area contributed by atoms with Gasteiger partial charge in [-0.3, -0.25) is 0 Å². The summed E-state index contributed by atoms with van der Waals surface area (Å²) in [6.07, 6.45) is 23.4. The van der Waals surface area contributed by atoms with Gasteiger partial charge in [-0.05, 0) is 72.6 Å². The molecule has 1 aromatic rings. The highest BCUT2D eigenvalue weighted by Crippen LogP contribution is 2.43. The summed E-state index contributed by atoms with van der Waals surface area (Å²) < 4.78 is 0. The predicted octanol–water partition coefficient (Wildman–Crippen LogP) is 10.1. The van der Waals surface area contributed by atoms with Crippen LogP contribution < -0.4 is 0 Å². The third kappa shape index (κ3) is 9.13. The van der Waals surface area contributed by atoms with Crippen LogP contribution in [0.15, 0.2) is 85.0 Å². The van der Waals surface area contributed by atoms with Crippen LogP contribution in [0.25, 0.3) is 11.6 Å². The van der Waals surface area contributed by atoms with Crippen molar-refractivity contribution in [3.8, 4) is 0 Å². The van der Waals surface area contributed by atoms with Crippen molar-refractivity contribution in [1.29, 1.82) is 0 Å². The molecular weight excluding hydrogens is 372 g/mol. The molecule has 2 aliphatic carbocycles. The predicted molar refractivity (Wildman–Crippen MR) is 143 cm³/mol. The Labute approximate surface area is 192 Å². The molecule has 0 bridgehead atoms. The van der Waals surface area contributed by atoms with Gasteiger partial charge in [-0.2, -0.15) is 0 Å². The average Bonchev–Trinajstić information content (AvgIpc) is 2.80. The maximum atomic E-state index is 3.75. The molecule has 0 atom stereocenters. The zero-order valence-electron chi connectivity index (χ0n) is 20.7. The van der Waals surface area contributed by atoms with E-state index >= 15 is 0 Å². The molecule has 1 saturated carbocycles. The van der Waals surface area contributed by atoms with Crippen molar-refractivity contribution in [3.05, 3.63) is 96.2 Å². The Kier molecular flexibility index (Phi) is 12.6. The SMILES string of the molecule is C=C/C=C/c1ccc(/C(C2=CCCC=C2)=C2\CCCC(C)(C)C2)cc1.C=CCC.CC. The van der Waals surface area contributed by atoms with Gasteiger partial charge in [0.25, 0.3) is 0 Å². The lowest BCUT2D eigenvalue weighted by Gasteiger charge is -2.33. The van der Waals surface area contributed by atoms with E-state index < -0.39 is 0 Å². The van der Waals surface area contributed by atoms with Gasteiger partial charge in [-0.15, -0.1) is 6.58 Å². The van der Waals surface area contributed by atoms with E-state index in [1.54, 1.807) is 5.57 Å². The molecule has 0 unspecified atom stereocenters. The highest BCUT2D eigenvalue weighted by atomic mass is 14.3. The zero-order valence-corrected chi connectivity index (χ0v) is 20.7. The van der Waals surface area contributed by atoms with Crippen LogP contribution in [-0.4, -0.2) is 0 Å². The highest BCUT2D eigenvalue weighted by Gasteiger charge is 2.27. The fourth-order valence-corrected chi connectivity index (χ4v) is 4.06. The van der Waals surface area contributed by atoms with Crippen LogP contribution in [-0.2, 0) is 0 Å². The average molecular weight is 417 g/mol. The van der Waals surface area contributed by atoms with E-state index in [1.807, 2.05) is 32.1 Å². The lowest BCUT2D eigenvalue weighted by molar-refractivity contribution is 0.290. The number of allylic oxidation sites excluding steroid dienone is 9. The van der Waals surface area contributed by atoms with Crippen molar-refractivity contribution in [1.82, 2.24) is 0 Å². The summed E-state index contributed by atoms with van der Waals surface area (Å²) in [6, 6.07) is 9.01. The lowest BCUT2D eigenvalue weighted by atomic mass is 9.72. The van der Waals surface area contributed by atoms with Crippen LogP contribution in [0.5, 0.6) is 0 Å². The standard InChI is InChI=1S/C25H30.C4H8.C2H6/c1-4-5-10-20-14-16-22(17-15-20)24(21-11-7-6-8-12-21)23-13-9-18-25(2,3)19-23;1-3-4-2;1-2/h4-5,7,10-12,14-17H,1,6,8-9,13,18-19H2,2-3H3;3H,1,4H2,2H3;1-2H3/b10-5+,24-23+;;. The Balaban J connectivity index is 0.000000720. The van der Waals surface area contributed by atoms with Gasteiger partial charge in [0.1, 0.15) is 0 Å². The molecule has 0 aliphatic heterocycles. The maximum Gasteiger partial charge on any atom is -0.0123 e. The highest BCUT2D eigenvalue weighted by molar-refractivity contribution is 5.84. The Hall–Kier alpha value is -2.34. The Morgan fingerprint density at radius 2 is 1.74 bits per heavy atom. The molecule has 0 nitrogen and oxygen atoms in total. The molecule has 0 saturated heterocycles. The Morgan fingerprint density at radius 3 is 2.26 bits per heavy atom. The first-order valence-corrected chi connectivity index (χ1v) is 12.1. The molecule has 168 valence electrons.